The number of hydrogen-bond acceptors (Lipinski definition) is 2. The minimum atomic E-state index is -0.0602. The summed E-state index contributed by atoms with van der Waals surface area (Å²) < 4.78 is 4.40. The summed E-state index contributed by atoms with van der Waals surface area (Å²) in [4.78, 5) is 10.0. The van der Waals surface area contributed by atoms with Gasteiger partial charge in [-0.15, -0.1) is 0 Å². The number of carbonyl (C=O) groups is 1. The molecule has 1 rings (SSSR count). The molecule has 0 radical (unpaired) electrons. The summed E-state index contributed by atoms with van der Waals surface area (Å²) in [7, 11) is 0. The lowest BCUT2D eigenvalue weighted by Gasteiger charge is -2.19. The van der Waals surface area contributed by atoms with E-state index in [1.807, 2.05) is 6.92 Å². The Morgan fingerprint density at radius 2 is 2.50 bits per heavy atom. The van der Waals surface area contributed by atoms with E-state index in [2.05, 4.69) is 4.74 Å². The highest BCUT2D eigenvalue weighted by molar-refractivity contribution is 5.76. The lowest BCUT2D eigenvalue weighted by Crippen LogP contribution is -2.31. The van der Waals surface area contributed by atoms with Gasteiger partial charge in [-0.2, -0.15) is 0 Å². The van der Waals surface area contributed by atoms with Crippen LogP contribution in [-0.2, 0) is 9.53 Å². The van der Waals surface area contributed by atoms with E-state index in [0.717, 1.165) is 0 Å². The van der Waals surface area contributed by atoms with Gasteiger partial charge in [-0.3, -0.25) is 4.79 Å². The molecule has 0 aromatic rings. The van der Waals surface area contributed by atoms with Crippen LogP contribution < -0.4 is 0 Å². The molecule has 1 aliphatic heterocycles. The molecule has 0 saturated carbocycles. The second-order valence-electron chi connectivity index (χ2n) is 1.53. The molecule has 34 valence electrons. The molecule has 0 aromatic heterocycles. The Hall–Kier alpha value is -0.530. The first-order chi connectivity index (χ1) is 2.80. The molecule has 1 aliphatic rings. The molecular weight excluding hydrogens is 80.0 g/mol. The highest BCUT2D eigenvalue weighted by atomic mass is 16.6. The fourth-order valence-corrected chi connectivity index (χ4v) is 0.318. The van der Waals surface area contributed by atoms with Crippen molar-refractivity contribution >= 4 is 5.97 Å². The van der Waals surface area contributed by atoms with Crippen molar-refractivity contribution in [3.63, 3.8) is 0 Å². The van der Waals surface area contributed by atoms with Crippen molar-refractivity contribution in [2.24, 2.45) is 5.92 Å². The van der Waals surface area contributed by atoms with Gasteiger partial charge in [-0.25, -0.2) is 0 Å². The second-order valence-corrected chi connectivity index (χ2v) is 1.53. The van der Waals surface area contributed by atoms with Crippen molar-refractivity contribution in [1.29, 1.82) is 0 Å². The zero-order valence-electron chi connectivity index (χ0n) is 3.60. The molecule has 1 saturated heterocycles. The van der Waals surface area contributed by atoms with Crippen molar-refractivity contribution in [2.75, 3.05) is 6.61 Å². The van der Waals surface area contributed by atoms with Crippen molar-refractivity contribution in [1.82, 2.24) is 0 Å². The molecule has 0 amide bonds. The van der Waals surface area contributed by atoms with Crippen LogP contribution in [0, 0.1) is 5.92 Å². The van der Waals surface area contributed by atoms with Gasteiger partial charge in [0.15, 0.2) is 0 Å². The zero-order chi connectivity index (χ0) is 4.57. The summed E-state index contributed by atoms with van der Waals surface area (Å²) in [6.45, 7) is 2.48. The molecule has 1 fully saturated rings. The minimum Gasteiger partial charge on any atom is -0.464 e. The topological polar surface area (TPSA) is 26.3 Å². The third-order valence-corrected chi connectivity index (χ3v) is 0.878. The van der Waals surface area contributed by atoms with Crippen LogP contribution in [0.3, 0.4) is 0 Å². The van der Waals surface area contributed by atoms with Crippen LogP contribution in [0.5, 0.6) is 0 Å². The van der Waals surface area contributed by atoms with E-state index < -0.39 is 0 Å². The Labute approximate surface area is 36.1 Å². The van der Waals surface area contributed by atoms with Gasteiger partial charge in [0.05, 0.1) is 5.92 Å². The van der Waals surface area contributed by atoms with Crippen LogP contribution in [0.15, 0.2) is 0 Å². The Morgan fingerprint density at radius 3 is 2.50 bits per heavy atom. The van der Waals surface area contributed by atoms with E-state index in [1.54, 1.807) is 0 Å². The predicted molar refractivity (Wildman–Crippen MR) is 20.1 cm³/mol. The molecule has 0 spiro atoms. The maximum Gasteiger partial charge on any atom is 0.312 e. The van der Waals surface area contributed by atoms with E-state index >= 15 is 0 Å². The lowest BCUT2D eigenvalue weighted by atomic mass is 10.1. The molecule has 2 heteroatoms. The highest BCUT2D eigenvalue weighted by Gasteiger charge is 2.24. The van der Waals surface area contributed by atoms with Gasteiger partial charge < -0.3 is 4.74 Å². The van der Waals surface area contributed by atoms with Crippen LogP contribution in [0.4, 0.5) is 0 Å². The molecule has 1 heterocycles. The number of cyclic esters (lactones) is 1. The number of esters is 1. The fourth-order valence-electron chi connectivity index (χ4n) is 0.318. The van der Waals surface area contributed by atoms with Gasteiger partial charge in [0.25, 0.3) is 0 Å². The number of carbonyl (C=O) groups excluding carboxylic acids is 1. The van der Waals surface area contributed by atoms with Gasteiger partial charge in [0.1, 0.15) is 6.61 Å². The monoisotopic (exact) mass is 86.0 g/mol. The summed E-state index contributed by atoms with van der Waals surface area (Å²) in [5.41, 5.74) is 0. The zero-order valence-corrected chi connectivity index (χ0v) is 3.60. The quantitative estimate of drug-likeness (QED) is 0.393. The molecule has 2 nitrogen and oxygen atoms in total. The average Bonchev–Trinajstić information content (AvgIpc) is 1.61. The van der Waals surface area contributed by atoms with Gasteiger partial charge in [0.2, 0.25) is 0 Å². The van der Waals surface area contributed by atoms with Crippen molar-refractivity contribution < 1.29 is 9.53 Å². The molecule has 1 atom stereocenters. The van der Waals surface area contributed by atoms with E-state index in [0.29, 0.717) is 6.61 Å². The van der Waals surface area contributed by atoms with E-state index in [-0.39, 0.29) is 11.9 Å². The third kappa shape index (κ3) is 0.295. The predicted octanol–water partition coefficient (Wildman–Crippen LogP) is 0.179. The van der Waals surface area contributed by atoms with Gasteiger partial charge in [-0.05, 0) is 6.92 Å². The maximum absolute atomic E-state index is 10.0. The van der Waals surface area contributed by atoms with Crippen LogP contribution in [-0.4, -0.2) is 12.6 Å². The first kappa shape index (κ1) is 3.65. The van der Waals surface area contributed by atoms with Crippen LogP contribution in [0.25, 0.3) is 0 Å². The average molecular weight is 86.1 g/mol. The maximum atomic E-state index is 10.0. The Morgan fingerprint density at radius 1 is 2.00 bits per heavy atom. The lowest BCUT2D eigenvalue weighted by molar-refractivity contribution is -0.166. The van der Waals surface area contributed by atoms with Gasteiger partial charge in [-0.1, -0.05) is 0 Å². The normalized spacial score (nSPS) is 31.5. The summed E-state index contributed by atoms with van der Waals surface area (Å²) in [5, 5.41) is 0. The first-order valence-corrected chi connectivity index (χ1v) is 1.97. The van der Waals surface area contributed by atoms with E-state index in [1.165, 1.54) is 0 Å². The first-order valence-electron chi connectivity index (χ1n) is 1.97. The highest BCUT2D eigenvalue weighted by Crippen LogP contribution is 2.08. The Kier molecular flexibility index (Phi) is 0.587. The third-order valence-electron chi connectivity index (χ3n) is 0.878. The molecule has 0 bridgehead atoms. The fraction of sp³-hybridized carbons (Fsp3) is 0.750. The molecular formula is C4H6O2. The summed E-state index contributed by atoms with van der Waals surface area (Å²) in [6.07, 6.45) is 0. The molecule has 0 aromatic carbocycles. The molecule has 0 aliphatic carbocycles. The van der Waals surface area contributed by atoms with Crippen LogP contribution in [0.1, 0.15) is 6.92 Å². The molecule has 6 heavy (non-hydrogen) atoms. The number of hydrogen-bond donors (Lipinski definition) is 0. The minimum absolute atomic E-state index is 0.0602. The summed E-state index contributed by atoms with van der Waals surface area (Å²) in [5.74, 6) is 0.111. The second kappa shape index (κ2) is 0.965. The number of rotatable bonds is 0. The molecule has 0 N–H and O–H groups in total. The van der Waals surface area contributed by atoms with Crippen LogP contribution >= 0.6 is 0 Å². The Balaban J connectivity index is 2.39. The molecule has 0 unspecified atom stereocenters. The summed E-state index contributed by atoms with van der Waals surface area (Å²) >= 11 is 0. The number of ether oxygens (including phenoxy) is 1. The van der Waals surface area contributed by atoms with Gasteiger partial charge in [0, 0.05) is 0 Å². The standard InChI is InChI=1S/C4H6O2/c1-3-2-6-4(3)5/h3H,2H2,1H3/t3-/m1/s1. The van der Waals surface area contributed by atoms with E-state index in [9.17, 15) is 4.79 Å². The largest absolute Gasteiger partial charge is 0.464 e. The van der Waals surface area contributed by atoms with Crippen molar-refractivity contribution in [3.05, 3.63) is 0 Å². The Bertz CT molecular complexity index is 77.6. The van der Waals surface area contributed by atoms with Crippen molar-refractivity contribution in [3.8, 4) is 0 Å². The smallest absolute Gasteiger partial charge is 0.312 e. The summed E-state index contributed by atoms with van der Waals surface area (Å²) in [6, 6.07) is 0. The van der Waals surface area contributed by atoms with Crippen molar-refractivity contribution in [2.45, 2.75) is 6.92 Å². The van der Waals surface area contributed by atoms with Gasteiger partial charge >= 0.3 is 5.97 Å². The van der Waals surface area contributed by atoms with Crippen LogP contribution in [0.2, 0.25) is 0 Å². The SMILES string of the molecule is C[C@@H]1COC1=O. The van der Waals surface area contributed by atoms with E-state index in [4.69, 9.17) is 0 Å².